The Morgan fingerprint density at radius 1 is 0.739 bits per heavy atom. The smallest absolute Gasteiger partial charge is 0.229 e. The summed E-state index contributed by atoms with van der Waals surface area (Å²) < 4.78 is 105. The van der Waals surface area contributed by atoms with E-state index in [2.05, 4.69) is 55.2 Å². The highest BCUT2D eigenvalue weighted by molar-refractivity contribution is 7.90. The number of halogens is 7. The molecule has 0 unspecified atom stereocenters. The van der Waals surface area contributed by atoms with E-state index in [1.165, 1.54) is 0 Å². The minimum absolute atomic E-state index is 0.120. The van der Waals surface area contributed by atoms with Gasteiger partial charge in [0.1, 0.15) is 0 Å². The molecule has 0 saturated heterocycles. The van der Waals surface area contributed by atoms with Crippen molar-refractivity contribution < 1.29 is 38.6 Å². The van der Waals surface area contributed by atoms with Gasteiger partial charge in [-0.2, -0.15) is 0 Å². The van der Waals surface area contributed by atoms with Crippen LogP contribution in [0.3, 0.4) is 0 Å². The lowest BCUT2D eigenvalue weighted by molar-refractivity contribution is -0.188. The molecule has 0 aromatic carbocycles. The van der Waals surface area contributed by atoms with Crippen LogP contribution in [0.2, 0.25) is 0 Å². The van der Waals surface area contributed by atoms with Crippen LogP contribution in [0.1, 0.15) is 0 Å². The number of nitrogens with zero attached hydrogens (tertiary/aromatic N) is 3. The fraction of sp³-hybridized carbons (Fsp3) is 0.889. The highest BCUT2D eigenvalue weighted by Gasteiger charge is 2.51. The molecule has 0 rings (SSSR count). The van der Waals surface area contributed by atoms with Gasteiger partial charge in [0.15, 0.2) is 10.2 Å². The summed E-state index contributed by atoms with van der Waals surface area (Å²) in [6.45, 7) is 0. The zero-order chi connectivity index (χ0) is 19.4. The first kappa shape index (κ1) is 24.9. The molecule has 142 valence electrons. The van der Waals surface area contributed by atoms with Crippen molar-refractivity contribution >= 4 is 21.7 Å². The summed E-state index contributed by atoms with van der Waals surface area (Å²) in [5.74, 6) is 0. The van der Waals surface area contributed by atoms with Crippen LogP contribution >= 0.6 is 0 Å². The summed E-state index contributed by atoms with van der Waals surface area (Å²) in [7, 11) is 5.70. The van der Waals surface area contributed by atoms with Crippen LogP contribution in [0.4, 0.5) is 30.2 Å². The molecule has 23 heavy (non-hydrogen) atoms. The van der Waals surface area contributed by atoms with Gasteiger partial charge in [-0.15, -0.1) is 3.89 Å². The molecular formula is C9H18F7N3O2S2. The van der Waals surface area contributed by atoms with E-state index < -0.39 is 27.8 Å². The maximum Gasteiger partial charge on any atom is 0.296 e. The zero-order valence-corrected chi connectivity index (χ0v) is 14.8. The lowest BCUT2D eigenvalue weighted by Crippen LogP contribution is -2.44. The summed E-state index contributed by atoms with van der Waals surface area (Å²) in [6, 6.07) is 0. The Hall–Kier alpha value is -0.310. The van der Waals surface area contributed by atoms with Crippen molar-refractivity contribution in [3.63, 3.8) is 0 Å². The second-order valence-corrected chi connectivity index (χ2v) is 8.41. The first-order chi connectivity index (χ1) is 9.83. The molecule has 0 aliphatic heterocycles. The maximum atomic E-state index is 11.5. The predicted octanol–water partition coefficient (Wildman–Crippen LogP) is 1.98. The minimum Gasteiger partial charge on any atom is -0.229 e. The fourth-order valence-electron chi connectivity index (χ4n) is 1.42. The second kappa shape index (κ2) is 8.69. The van der Waals surface area contributed by atoms with Gasteiger partial charge in [-0.05, 0) is 0 Å². The van der Waals surface area contributed by atoms with Crippen LogP contribution in [0.25, 0.3) is 0 Å². The van der Waals surface area contributed by atoms with E-state index in [4.69, 9.17) is 0 Å². The molecule has 0 spiro atoms. The molecule has 0 aliphatic rings. The number of alkyl halides is 6. The number of hydrogen-bond donors (Lipinski definition) is 0. The van der Waals surface area contributed by atoms with Gasteiger partial charge >= 0.3 is 0 Å². The van der Waals surface area contributed by atoms with Crippen molar-refractivity contribution in [2.45, 2.75) is 12.4 Å². The SMILES string of the molecule is CN(C)[S+](N(C)C)N(C)C.O=S(=O)(F)[C-](C(F)(F)F)C(F)(F)F. The molecule has 5 nitrogen and oxygen atoms in total. The number of hydrogen-bond acceptors (Lipinski definition) is 5. The van der Waals surface area contributed by atoms with Crippen LogP contribution < -0.4 is 0 Å². The molecule has 0 bridgehead atoms. The molecule has 14 heteroatoms. The van der Waals surface area contributed by atoms with Gasteiger partial charge in [0.2, 0.25) is 0 Å². The summed E-state index contributed by atoms with van der Waals surface area (Å²) in [6.07, 6.45) is -12.6. The average molecular weight is 397 g/mol. The molecule has 0 fully saturated rings. The third-order valence-corrected chi connectivity index (χ3v) is 4.65. The molecule has 0 aliphatic carbocycles. The lowest BCUT2D eigenvalue weighted by Gasteiger charge is -2.30. The Morgan fingerprint density at radius 3 is 0.957 bits per heavy atom. The topological polar surface area (TPSA) is 43.9 Å². The van der Waals surface area contributed by atoms with Crippen molar-refractivity contribution in [1.29, 1.82) is 0 Å². The van der Waals surface area contributed by atoms with E-state index in [-0.39, 0.29) is 11.5 Å². The predicted molar refractivity (Wildman–Crippen MR) is 73.8 cm³/mol. The third kappa shape index (κ3) is 9.54. The van der Waals surface area contributed by atoms with Gasteiger partial charge in [0.05, 0.1) is 0 Å². The Kier molecular flexibility index (Phi) is 9.42. The van der Waals surface area contributed by atoms with E-state index in [1.807, 2.05) is 0 Å². The molecule has 0 atom stereocenters. The first-order valence-corrected chi connectivity index (χ1v) is 8.04. The van der Waals surface area contributed by atoms with Crippen LogP contribution in [-0.4, -0.2) is 76.0 Å². The fourth-order valence-corrected chi connectivity index (χ4v) is 3.93. The molecule has 0 N–H and O–H groups in total. The van der Waals surface area contributed by atoms with Crippen molar-refractivity contribution in [3.05, 3.63) is 5.25 Å². The first-order valence-electron chi connectivity index (χ1n) is 5.56. The molecular weight excluding hydrogens is 379 g/mol. The van der Waals surface area contributed by atoms with E-state index in [0.717, 1.165) is 0 Å². The largest absolute Gasteiger partial charge is 0.296 e. The normalized spacial score (nSPS) is 14.0. The Labute approximate surface area is 134 Å². The standard InChI is InChI=1S/C6H18N3S.C3F7O2S/c1-7(2)10(8(3)4)9(5)6;4-2(5,6)1(3(7,8)9)13(10,11)12/h1-6H3;/q+1;-1. The summed E-state index contributed by atoms with van der Waals surface area (Å²) in [5, 5.41) is -4.05. The van der Waals surface area contributed by atoms with Crippen LogP contribution in [0.5, 0.6) is 0 Å². The summed E-state index contributed by atoms with van der Waals surface area (Å²) in [4.78, 5) is 0. The average Bonchev–Trinajstić information content (AvgIpc) is 2.05. The molecule has 0 heterocycles. The van der Waals surface area contributed by atoms with Gasteiger partial charge in [-0.3, -0.25) is 0 Å². The highest BCUT2D eigenvalue weighted by atomic mass is 32.3. The van der Waals surface area contributed by atoms with Gasteiger partial charge in [0.25, 0.3) is 23.8 Å². The summed E-state index contributed by atoms with van der Waals surface area (Å²) in [5.41, 5.74) is 0. The lowest BCUT2D eigenvalue weighted by atomic mass is 10.4. The quantitative estimate of drug-likeness (QED) is 0.314. The van der Waals surface area contributed by atoms with Crippen molar-refractivity contribution in [3.8, 4) is 0 Å². The third-order valence-electron chi connectivity index (χ3n) is 1.74. The summed E-state index contributed by atoms with van der Waals surface area (Å²) >= 11 is 0.120. The number of rotatable bonds is 4. The zero-order valence-electron chi connectivity index (χ0n) is 13.1. The molecule has 0 amide bonds. The second-order valence-electron chi connectivity index (χ2n) is 4.44. The van der Waals surface area contributed by atoms with Gasteiger partial charge in [-0.25, -0.2) is 34.8 Å². The van der Waals surface area contributed by atoms with E-state index >= 15 is 0 Å². The van der Waals surface area contributed by atoms with Crippen LogP contribution in [0.15, 0.2) is 0 Å². The highest BCUT2D eigenvalue weighted by Crippen LogP contribution is 2.45. The van der Waals surface area contributed by atoms with Crippen molar-refractivity contribution in [1.82, 2.24) is 12.9 Å². The molecule has 0 radical (unpaired) electrons. The van der Waals surface area contributed by atoms with Gasteiger partial charge in [-0.1, -0.05) is 12.9 Å². The van der Waals surface area contributed by atoms with Gasteiger partial charge in [0, 0.05) is 47.5 Å². The molecule has 0 aromatic heterocycles. The van der Waals surface area contributed by atoms with Crippen molar-refractivity contribution in [2.75, 3.05) is 42.3 Å². The Balaban J connectivity index is 0. The Morgan fingerprint density at radius 2 is 0.957 bits per heavy atom. The van der Waals surface area contributed by atoms with Crippen LogP contribution in [0, 0.1) is 5.25 Å². The molecule has 0 saturated carbocycles. The van der Waals surface area contributed by atoms with E-state index in [1.54, 1.807) is 0 Å². The Bertz CT molecular complexity index is 416. The van der Waals surface area contributed by atoms with Crippen LogP contribution in [-0.2, 0) is 21.7 Å². The van der Waals surface area contributed by atoms with E-state index in [0.29, 0.717) is 0 Å². The minimum atomic E-state index is -6.81. The van der Waals surface area contributed by atoms with E-state index in [9.17, 15) is 38.6 Å². The van der Waals surface area contributed by atoms with Gasteiger partial charge < -0.3 is 0 Å². The van der Waals surface area contributed by atoms with Crippen molar-refractivity contribution in [2.24, 2.45) is 0 Å². The maximum absolute atomic E-state index is 11.5. The molecule has 0 aromatic rings. The monoisotopic (exact) mass is 397 g/mol.